The minimum atomic E-state index is -1.26. The van der Waals surface area contributed by atoms with Crippen molar-refractivity contribution in [2.45, 2.75) is 6.42 Å². The summed E-state index contributed by atoms with van der Waals surface area (Å²) in [7, 11) is 0. The molecule has 232 valence electrons. The van der Waals surface area contributed by atoms with Crippen LogP contribution in [0.4, 0.5) is 5.69 Å². The van der Waals surface area contributed by atoms with E-state index in [1.165, 1.54) is 16.0 Å². The first-order valence-corrected chi connectivity index (χ1v) is 15.2. The van der Waals surface area contributed by atoms with Crippen LogP contribution in [0, 0.1) is 0 Å². The highest BCUT2D eigenvalue weighted by Crippen LogP contribution is 2.31. The second-order valence-electron chi connectivity index (χ2n) is 10.3. The largest absolute Gasteiger partial charge is 0.484 e. The van der Waals surface area contributed by atoms with Crippen molar-refractivity contribution >= 4 is 56.0 Å². The normalized spacial score (nSPS) is 13.2. The Bertz CT molecular complexity index is 1770. The van der Waals surface area contributed by atoms with Crippen LogP contribution in [0.1, 0.15) is 5.56 Å². The maximum atomic E-state index is 12.8. The SMILES string of the molecule is NCCc1c[nH]c2ccc(OCC(=O)N3CCN(c4ccc(-c5nc6ccccc6s5)cc4)CC3)cc12.O=C(O)C=CC(=O)O. The quantitative estimate of drug-likeness (QED) is 0.174. The third kappa shape index (κ3) is 8.05. The molecule has 0 bridgehead atoms. The van der Waals surface area contributed by atoms with Crippen LogP contribution in [0.15, 0.2) is 85.1 Å². The van der Waals surface area contributed by atoms with Gasteiger partial charge in [0.2, 0.25) is 0 Å². The van der Waals surface area contributed by atoms with E-state index in [2.05, 4.69) is 46.3 Å². The summed E-state index contributed by atoms with van der Waals surface area (Å²) in [6, 6.07) is 22.7. The Labute approximate surface area is 263 Å². The molecule has 1 aliphatic rings. The molecule has 5 aromatic rings. The standard InChI is InChI=1S/C29H29N5O2S.C4H4O4/c30-12-11-21-18-31-25-10-9-23(17-24(21)25)36-19-28(35)34-15-13-33(14-16-34)22-7-5-20(6-8-22)29-32-26-3-1-2-4-27(26)37-29;5-3(6)1-2-4(7)8/h1-10,17-18,31H,11-16,19,30H2;1-2H,(H,5,6)(H,7,8). The van der Waals surface area contributed by atoms with Crippen molar-refractivity contribution in [3.63, 3.8) is 0 Å². The van der Waals surface area contributed by atoms with Crippen LogP contribution in [0.5, 0.6) is 5.75 Å². The zero-order valence-electron chi connectivity index (χ0n) is 24.4. The van der Waals surface area contributed by atoms with E-state index in [4.69, 9.17) is 25.7 Å². The number of hydrogen-bond donors (Lipinski definition) is 4. The van der Waals surface area contributed by atoms with Gasteiger partial charge >= 0.3 is 11.9 Å². The number of hydrogen-bond acceptors (Lipinski definition) is 8. The molecule has 0 aliphatic carbocycles. The zero-order chi connectivity index (χ0) is 31.8. The number of nitrogens with zero attached hydrogens (tertiary/aromatic N) is 3. The molecule has 12 heteroatoms. The third-order valence-corrected chi connectivity index (χ3v) is 8.37. The fourth-order valence-corrected chi connectivity index (χ4v) is 5.98. The molecular formula is C33H33N5O6S. The molecule has 5 N–H and O–H groups in total. The number of carboxylic acids is 2. The van der Waals surface area contributed by atoms with Gasteiger partial charge in [-0.05, 0) is 73.1 Å². The van der Waals surface area contributed by atoms with Gasteiger partial charge in [-0.2, -0.15) is 0 Å². The van der Waals surface area contributed by atoms with Crippen LogP contribution in [0.3, 0.4) is 0 Å². The predicted octanol–water partition coefficient (Wildman–Crippen LogP) is 4.39. The molecule has 1 saturated heterocycles. The van der Waals surface area contributed by atoms with Crippen molar-refractivity contribution in [2.75, 3.05) is 44.2 Å². The molecule has 0 radical (unpaired) electrons. The number of aromatic amines is 1. The molecule has 0 unspecified atom stereocenters. The lowest BCUT2D eigenvalue weighted by molar-refractivity contribution is -0.134. The summed E-state index contributed by atoms with van der Waals surface area (Å²) in [5.41, 5.74) is 11.3. The van der Waals surface area contributed by atoms with Crippen molar-refractivity contribution in [3.05, 3.63) is 90.6 Å². The van der Waals surface area contributed by atoms with E-state index < -0.39 is 11.9 Å². The third-order valence-electron chi connectivity index (χ3n) is 7.29. The van der Waals surface area contributed by atoms with E-state index in [0.29, 0.717) is 37.5 Å². The number of ether oxygens (including phenoxy) is 1. The van der Waals surface area contributed by atoms with Crippen molar-refractivity contribution in [1.82, 2.24) is 14.9 Å². The number of thiazole rings is 1. The van der Waals surface area contributed by atoms with Crippen LogP contribution in [0.25, 0.3) is 31.7 Å². The summed E-state index contributed by atoms with van der Waals surface area (Å²) < 4.78 is 7.07. The maximum absolute atomic E-state index is 12.8. The number of piperazine rings is 1. The molecular weight excluding hydrogens is 594 g/mol. The topological polar surface area (TPSA) is 162 Å². The number of fused-ring (bicyclic) bond motifs is 2. The summed E-state index contributed by atoms with van der Waals surface area (Å²) in [5, 5.41) is 17.8. The highest BCUT2D eigenvalue weighted by molar-refractivity contribution is 7.21. The number of H-pyrrole nitrogens is 1. The van der Waals surface area contributed by atoms with Crippen molar-refractivity contribution in [1.29, 1.82) is 0 Å². The molecule has 45 heavy (non-hydrogen) atoms. The van der Waals surface area contributed by atoms with Crippen LogP contribution < -0.4 is 15.4 Å². The van der Waals surface area contributed by atoms with E-state index in [-0.39, 0.29) is 12.5 Å². The second-order valence-corrected chi connectivity index (χ2v) is 11.3. The monoisotopic (exact) mass is 627 g/mol. The van der Waals surface area contributed by atoms with E-state index in [1.807, 2.05) is 41.4 Å². The number of carbonyl (C=O) groups is 3. The van der Waals surface area contributed by atoms with Crippen LogP contribution in [-0.4, -0.2) is 82.3 Å². The first-order valence-electron chi connectivity index (χ1n) is 14.4. The minimum Gasteiger partial charge on any atom is -0.484 e. The van der Waals surface area contributed by atoms with Gasteiger partial charge in [-0.1, -0.05) is 12.1 Å². The fraction of sp³-hybridized carbons (Fsp3) is 0.212. The number of nitrogens with two attached hydrogens (primary N) is 1. The summed E-state index contributed by atoms with van der Waals surface area (Å²) in [6.07, 6.45) is 3.91. The van der Waals surface area contributed by atoms with E-state index >= 15 is 0 Å². The number of carbonyl (C=O) groups excluding carboxylic acids is 1. The molecule has 1 aliphatic heterocycles. The van der Waals surface area contributed by atoms with E-state index in [0.717, 1.165) is 46.5 Å². The Balaban J connectivity index is 0.000000444. The van der Waals surface area contributed by atoms with Crippen molar-refractivity contribution in [3.8, 4) is 16.3 Å². The lowest BCUT2D eigenvalue weighted by Gasteiger charge is -2.36. The number of carboxylic acid groups (broad SMARTS) is 2. The number of para-hydroxylation sites is 1. The molecule has 0 saturated carbocycles. The second kappa shape index (κ2) is 14.5. The number of benzene rings is 3. The predicted molar refractivity (Wildman–Crippen MR) is 175 cm³/mol. The minimum absolute atomic E-state index is 0.0159. The lowest BCUT2D eigenvalue weighted by Crippen LogP contribution is -2.50. The molecule has 6 rings (SSSR count). The molecule has 0 atom stereocenters. The average Bonchev–Trinajstić information content (AvgIpc) is 3.67. The average molecular weight is 628 g/mol. The van der Waals surface area contributed by atoms with Gasteiger partial charge in [0.15, 0.2) is 6.61 Å². The van der Waals surface area contributed by atoms with Gasteiger partial charge in [0.25, 0.3) is 5.91 Å². The summed E-state index contributed by atoms with van der Waals surface area (Å²) in [5.74, 6) is -1.80. The van der Waals surface area contributed by atoms with Crippen LogP contribution in [0.2, 0.25) is 0 Å². The van der Waals surface area contributed by atoms with Gasteiger partial charge in [0.1, 0.15) is 10.8 Å². The Morgan fingerprint density at radius 3 is 2.33 bits per heavy atom. The molecule has 1 amide bonds. The summed E-state index contributed by atoms with van der Waals surface area (Å²) in [4.78, 5) is 44.2. The van der Waals surface area contributed by atoms with E-state index in [9.17, 15) is 14.4 Å². The number of aliphatic carboxylic acids is 2. The molecule has 3 aromatic carbocycles. The maximum Gasteiger partial charge on any atom is 0.328 e. The zero-order valence-corrected chi connectivity index (χ0v) is 25.2. The van der Waals surface area contributed by atoms with Gasteiger partial charge in [-0.3, -0.25) is 4.79 Å². The smallest absolute Gasteiger partial charge is 0.328 e. The van der Waals surface area contributed by atoms with Crippen LogP contribution in [-0.2, 0) is 20.8 Å². The Morgan fingerprint density at radius 1 is 0.956 bits per heavy atom. The Kier molecular flexibility index (Phi) is 10.1. The number of aromatic nitrogens is 2. The van der Waals surface area contributed by atoms with Crippen molar-refractivity contribution < 1.29 is 29.3 Å². The van der Waals surface area contributed by atoms with Crippen LogP contribution >= 0.6 is 11.3 Å². The number of rotatable bonds is 9. The van der Waals surface area contributed by atoms with Gasteiger partial charge in [-0.25, -0.2) is 14.6 Å². The number of nitrogens with one attached hydrogen (secondary N) is 1. The van der Waals surface area contributed by atoms with Gasteiger partial charge in [-0.15, -0.1) is 11.3 Å². The highest BCUT2D eigenvalue weighted by atomic mass is 32.1. The summed E-state index contributed by atoms with van der Waals surface area (Å²) >= 11 is 1.71. The Morgan fingerprint density at radius 2 is 1.67 bits per heavy atom. The Hall–Kier alpha value is -5.20. The van der Waals surface area contributed by atoms with Gasteiger partial charge in [0.05, 0.1) is 10.2 Å². The molecule has 2 aromatic heterocycles. The lowest BCUT2D eigenvalue weighted by atomic mass is 10.1. The van der Waals surface area contributed by atoms with Gasteiger partial charge in [0, 0.05) is 66.7 Å². The first kappa shape index (κ1) is 31.2. The molecule has 1 fully saturated rings. The van der Waals surface area contributed by atoms with Crippen molar-refractivity contribution in [2.24, 2.45) is 5.73 Å². The molecule has 11 nitrogen and oxygen atoms in total. The van der Waals surface area contributed by atoms with E-state index in [1.54, 1.807) is 11.3 Å². The fourth-order valence-electron chi connectivity index (χ4n) is 5.01. The molecule has 0 spiro atoms. The number of anilines is 1. The molecule has 3 heterocycles. The summed E-state index contributed by atoms with van der Waals surface area (Å²) in [6.45, 7) is 3.58. The highest BCUT2D eigenvalue weighted by Gasteiger charge is 2.22. The number of amides is 1. The van der Waals surface area contributed by atoms with Gasteiger partial charge < -0.3 is 35.5 Å². The first-order chi connectivity index (χ1) is 21.8.